The molecule has 1 aromatic carbocycles. The van der Waals surface area contributed by atoms with E-state index in [1.807, 2.05) is 37.3 Å². The van der Waals surface area contributed by atoms with Gasteiger partial charge in [-0.05, 0) is 12.0 Å². The van der Waals surface area contributed by atoms with Gasteiger partial charge in [-0.2, -0.15) is 0 Å². The summed E-state index contributed by atoms with van der Waals surface area (Å²) in [6.07, 6.45) is 1.86. The van der Waals surface area contributed by atoms with E-state index >= 15 is 0 Å². The molecule has 0 amide bonds. The van der Waals surface area contributed by atoms with Crippen molar-refractivity contribution < 1.29 is 9.47 Å². The van der Waals surface area contributed by atoms with E-state index in [0.717, 1.165) is 12.0 Å². The lowest BCUT2D eigenvalue weighted by Crippen LogP contribution is -2.33. The molecule has 0 aliphatic carbocycles. The highest BCUT2D eigenvalue weighted by atomic mass is 16.6. The Morgan fingerprint density at radius 1 is 1.26 bits per heavy atom. The lowest BCUT2D eigenvalue weighted by atomic mass is 10.1. The molecule has 1 fully saturated rings. The van der Waals surface area contributed by atoms with Crippen molar-refractivity contribution in [3.8, 4) is 0 Å². The van der Waals surface area contributed by atoms with Crippen molar-refractivity contribution in [2.45, 2.75) is 32.3 Å². The Balaban J connectivity index is 1.58. The van der Waals surface area contributed by atoms with Gasteiger partial charge < -0.3 is 9.47 Å². The molecule has 0 bridgehead atoms. The number of rotatable bonds is 5. The number of benzene rings is 1. The molecule has 3 rings (SSSR count). The fraction of sp³-hybridized carbons (Fsp3) is 0.412. The number of hydrogen-bond acceptors (Lipinski definition) is 4. The Kier molecular flexibility index (Phi) is 4.73. The van der Waals surface area contributed by atoms with Gasteiger partial charge in [-0.25, -0.2) is 4.79 Å². The van der Waals surface area contributed by atoms with Crippen LogP contribution in [0.15, 0.2) is 52.2 Å². The Labute approximate surface area is 133 Å². The predicted octanol–water partition coefficient (Wildman–Crippen LogP) is 1.68. The van der Waals surface area contributed by atoms with Crippen LogP contribution in [0.25, 0.3) is 0 Å². The summed E-state index contributed by atoms with van der Waals surface area (Å²) in [6, 6.07) is 11.3. The first-order valence-electron chi connectivity index (χ1n) is 7.72. The van der Waals surface area contributed by atoms with Crippen molar-refractivity contribution in [3.63, 3.8) is 0 Å². The summed E-state index contributed by atoms with van der Waals surface area (Å²) in [5.74, 6) is 0.170. The quantitative estimate of drug-likeness (QED) is 0.911. The minimum Gasteiger partial charge on any atom is -0.374 e. The zero-order valence-corrected chi connectivity index (χ0v) is 13.0. The second kappa shape index (κ2) is 6.93. The van der Waals surface area contributed by atoms with E-state index in [4.69, 9.17) is 9.47 Å². The normalized spacial score (nSPS) is 24.0. The molecule has 23 heavy (non-hydrogen) atoms. The maximum absolute atomic E-state index is 11.9. The lowest BCUT2D eigenvalue weighted by molar-refractivity contribution is -0.0525. The average Bonchev–Trinajstić information content (AvgIpc) is 2.89. The first kappa shape index (κ1) is 15.7. The van der Waals surface area contributed by atoms with Crippen LogP contribution in [0.5, 0.6) is 0 Å². The molecule has 3 atom stereocenters. The van der Waals surface area contributed by atoms with Gasteiger partial charge in [0.2, 0.25) is 0 Å². The van der Waals surface area contributed by atoms with E-state index in [9.17, 15) is 9.59 Å². The number of aromatic nitrogens is 2. The molecule has 1 saturated heterocycles. The monoisotopic (exact) mass is 316 g/mol. The summed E-state index contributed by atoms with van der Waals surface area (Å²) in [7, 11) is 0. The Morgan fingerprint density at radius 2 is 2.04 bits per heavy atom. The molecule has 0 spiro atoms. The van der Waals surface area contributed by atoms with Crippen molar-refractivity contribution in [2.24, 2.45) is 5.92 Å². The van der Waals surface area contributed by atoms with Gasteiger partial charge in [0, 0.05) is 18.2 Å². The maximum atomic E-state index is 11.9. The molecule has 1 N–H and O–H groups in total. The van der Waals surface area contributed by atoms with Gasteiger partial charge in [0.25, 0.3) is 5.56 Å². The van der Waals surface area contributed by atoms with Gasteiger partial charge in [-0.15, -0.1) is 0 Å². The van der Waals surface area contributed by atoms with Gasteiger partial charge in [0.15, 0.2) is 0 Å². The fourth-order valence-corrected chi connectivity index (χ4v) is 2.88. The number of nitrogens with zero attached hydrogens (tertiary/aromatic N) is 1. The Hall–Kier alpha value is -2.18. The van der Waals surface area contributed by atoms with Crippen LogP contribution in [0.3, 0.4) is 0 Å². The van der Waals surface area contributed by atoms with E-state index < -0.39 is 11.2 Å². The molecule has 2 heterocycles. The standard InChI is InChI=1S/C17H20N2O4/c1-12-9-14(11-22-10-13-5-3-2-4-6-13)23-16(12)19-8-7-15(20)18-17(19)21/h2-8,12,14,16H,9-11H2,1H3,(H,18,20,21)/t12-,14?,16?/m0/s1. The summed E-state index contributed by atoms with van der Waals surface area (Å²) >= 11 is 0. The van der Waals surface area contributed by atoms with Crippen molar-refractivity contribution in [2.75, 3.05) is 6.61 Å². The Bertz CT molecular complexity index is 753. The second-order valence-electron chi connectivity index (χ2n) is 5.88. The van der Waals surface area contributed by atoms with Crippen LogP contribution in [0.1, 0.15) is 25.1 Å². The van der Waals surface area contributed by atoms with Gasteiger partial charge in [-0.3, -0.25) is 14.3 Å². The van der Waals surface area contributed by atoms with Crippen LogP contribution in [0.2, 0.25) is 0 Å². The molecule has 1 aliphatic rings. The highest BCUT2D eigenvalue weighted by molar-refractivity contribution is 5.13. The topological polar surface area (TPSA) is 73.3 Å². The van der Waals surface area contributed by atoms with Crippen LogP contribution >= 0.6 is 0 Å². The van der Waals surface area contributed by atoms with Crippen molar-refractivity contribution in [1.82, 2.24) is 9.55 Å². The first-order valence-corrected chi connectivity index (χ1v) is 7.72. The molecular weight excluding hydrogens is 296 g/mol. The maximum Gasteiger partial charge on any atom is 0.330 e. The molecule has 2 unspecified atom stereocenters. The number of nitrogens with one attached hydrogen (secondary N) is 1. The third kappa shape index (κ3) is 3.78. The second-order valence-corrected chi connectivity index (χ2v) is 5.88. The fourth-order valence-electron chi connectivity index (χ4n) is 2.88. The summed E-state index contributed by atoms with van der Waals surface area (Å²) in [4.78, 5) is 25.3. The molecule has 122 valence electrons. The molecule has 0 radical (unpaired) electrons. The van der Waals surface area contributed by atoms with Crippen LogP contribution in [-0.4, -0.2) is 22.3 Å². The van der Waals surface area contributed by atoms with Gasteiger partial charge in [-0.1, -0.05) is 37.3 Å². The predicted molar refractivity (Wildman–Crippen MR) is 85.1 cm³/mol. The zero-order valence-electron chi connectivity index (χ0n) is 13.0. The van der Waals surface area contributed by atoms with Crippen LogP contribution in [0, 0.1) is 5.92 Å². The van der Waals surface area contributed by atoms with Crippen molar-refractivity contribution in [3.05, 3.63) is 69.0 Å². The van der Waals surface area contributed by atoms with E-state index in [1.165, 1.54) is 16.8 Å². The number of H-pyrrole nitrogens is 1. The molecular formula is C17H20N2O4. The molecule has 2 aromatic rings. The summed E-state index contributed by atoms with van der Waals surface area (Å²) in [5, 5.41) is 0. The number of hydrogen-bond donors (Lipinski definition) is 1. The zero-order chi connectivity index (χ0) is 16.2. The molecule has 0 saturated carbocycles. The van der Waals surface area contributed by atoms with Crippen LogP contribution in [-0.2, 0) is 16.1 Å². The molecule has 6 nitrogen and oxygen atoms in total. The van der Waals surface area contributed by atoms with E-state index in [0.29, 0.717) is 13.2 Å². The lowest BCUT2D eigenvalue weighted by Gasteiger charge is -2.17. The summed E-state index contributed by atoms with van der Waals surface area (Å²) < 4.78 is 13.1. The van der Waals surface area contributed by atoms with Crippen LogP contribution in [0.4, 0.5) is 0 Å². The Morgan fingerprint density at radius 3 is 2.78 bits per heavy atom. The van der Waals surface area contributed by atoms with Crippen molar-refractivity contribution >= 4 is 0 Å². The minimum absolute atomic E-state index is 0.0578. The highest BCUT2D eigenvalue weighted by Crippen LogP contribution is 2.33. The van der Waals surface area contributed by atoms with Crippen LogP contribution < -0.4 is 11.2 Å². The van der Waals surface area contributed by atoms with E-state index in [2.05, 4.69) is 4.98 Å². The third-order valence-electron chi connectivity index (χ3n) is 3.99. The molecule has 1 aromatic heterocycles. The van der Waals surface area contributed by atoms with Gasteiger partial charge >= 0.3 is 5.69 Å². The van der Waals surface area contributed by atoms with Crippen molar-refractivity contribution in [1.29, 1.82) is 0 Å². The largest absolute Gasteiger partial charge is 0.374 e. The first-order chi connectivity index (χ1) is 11.1. The number of aromatic amines is 1. The smallest absolute Gasteiger partial charge is 0.330 e. The SMILES string of the molecule is C[C@H]1CC(COCc2ccccc2)OC1n1ccc(=O)[nH]c1=O. The van der Waals surface area contributed by atoms with E-state index in [-0.39, 0.29) is 18.2 Å². The highest BCUT2D eigenvalue weighted by Gasteiger charge is 2.34. The van der Waals surface area contributed by atoms with Gasteiger partial charge in [0.1, 0.15) is 6.23 Å². The van der Waals surface area contributed by atoms with E-state index in [1.54, 1.807) is 0 Å². The third-order valence-corrected chi connectivity index (χ3v) is 3.99. The minimum atomic E-state index is -0.444. The molecule has 1 aliphatic heterocycles. The number of ether oxygens (including phenoxy) is 2. The average molecular weight is 316 g/mol. The molecule has 6 heteroatoms. The summed E-state index contributed by atoms with van der Waals surface area (Å²) in [6.45, 7) is 3.05. The van der Waals surface area contributed by atoms with Gasteiger partial charge in [0.05, 0.1) is 19.3 Å². The summed E-state index contributed by atoms with van der Waals surface area (Å²) in [5.41, 5.74) is 0.270.